The highest BCUT2D eigenvalue weighted by Gasteiger charge is 2.25. The predicted molar refractivity (Wildman–Crippen MR) is 120 cm³/mol. The van der Waals surface area contributed by atoms with E-state index in [1.54, 1.807) is 0 Å². The van der Waals surface area contributed by atoms with Gasteiger partial charge in [0.15, 0.2) is 5.96 Å². The molecule has 0 amide bonds. The van der Waals surface area contributed by atoms with Gasteiger partial charge in [-0.2, -0.15) is 0 Å². The first kappa shape index (κ1) is 18.8. The fraction of sp³-hybridized carbons (Fsp3) is 0.286. The third kappa shape index (κ3) is 3.87. The number of rotatable bonds is 5. The van der Waals surface area contributed by atoms with E-state index in [9.17, 15) is 0 Å². The summed E-state index contributed by atoms with van der Waals surface area (Å²) in [5.41, 5.74) is 5.50. The van der Waals surface area contributed by atoms with Gasteiger partial charge in [0.2, 0.25) is 0 Å². The lowest BCUT2D eigenvalue weighted by atomic mass is 9.78. The van der Waals surface area contributed by atoms with Crippen molar-refractivity contribution < 1.29 is 0 Å². The van der Waals surface area contributed by atoms with E-state index in [1.807, 2.05) is 7.05 Å². The van der Waals surface area contributed by atoms with Crippen molar-refractivity contribution in [2.24, 2.45) is 4.99 Å². The van der Waals surface area contributed by atoms with Crippen LogP contribution in [0.4, 0.5) is 0 Å². The van der Waals surface area contributed by atoms with Gasteiger partial charge in [0.25, 0.3) is 0 Å². The van der Waals surface area contributed by atoms with Crippen molar-refractivity contribution in [3.63, 3.8) is 0 Å². The van der Waals surface area contributed by atoms with Crippen molar-refractivity contribution in [3.05, 3.63) is 71.4 Å². The molecule has 0 saturated heterocycles. The predicted octanol–water partition coefficient (Wildman–Crippen LogP) is 3.83. The number of hydrogen-bond donors (Lipinski definition) is 3. The molecule has 1 aromatic heterocycles. The lowest BCUT2D eigenvalue weighted by Gasteiger charge is -2.30. The summed E-state index contributed by atoms with van der Waals surface area (Å²) in [5, 5.41) is 8.19. The highest BCUT2D eigenvalue weighted by Crippen LogP contribution is 2.33. The molecule has 2 aromatic carbocycles. The van der Waals surface area contributed by atoms with Crippen molar-refractivity contribution in [1.82, 2.24) is 15.6 Å². The maximum Gasteiger partial charge on any atom is 0.191 e. The fourth-order valence-electron chi connectivity index (χ4n) is 3.64. The number of hydrogen-bond acceptors (Lipinski definition) is 1. The molecule has 1 atom stereocenters. The van der Waals surface area contributed by atoms with Gasteiger partial charge in [-0.3, -0.25) is 4.99 Å². The van der Waals surface area contributed by atoms with Gasteiger partial charge in [0.1, 0.15) is 0 Å². The summed E-state index contributed by atoms with van der Waals surface area (Å²) in [6, 6.07) is 17.1. The van der Waals surface area contributed by atoms with Crippen molar-refractivity contribution in [2.75, 3.05) is 20.1 Å². The summed E-state index contributed by atoms with van der Waals surface area (Å²) >= 11 is 0. The van der Waals surface area contributed by atoms with Crippen LogP contribution < -0.4 is 10.6 Å². The van der Waals surface area contributed by atoms with Gasteiger partial charge in [-0.1, -0.05) is 42.5 Å². The van der Waals surface area contributed by atoms with Crippen molar-refractivity contribution in [3.8, 4) is 0 Å². The van der Waals surface area contributed by atoms with Crippen LogP contribution in [0.3, 0.4) is 0 Å². The molecule has 5 heteroatoms. The average Bonchev–Trinajstić information content (AvgIpc) is 3.04. The van der Waals surface area contributed by atoms with Crippen LogP contribution >= 0.6 is 24.0 Å². The molecule has 136 valence electrons. The summed E-state index contributed by atoms with van der Waals surface area (Å²) in [4.78, 5) is 7.67. The maximum absolute atomic E-state index is 4.34. The number of guanidine groups is 1. The number of aromatic amines is 1. The molecule has 1 heterocycles. The molecule has 0 aliphatic heterocycles. The molecular formula is C21H25IN4. The number of nitrogens with one attached hydrogen (secondary N) is 3. The fourth-order valence-corrected chi connectivity index (χ4v) is 3.64. The van der Waals surface area contributed by atoms with Gasteiger partial charge in [0, 0.05) is 43.2 Å². The zero-order chi connectivity index (χ0) is 17.1. The molecule has 3 N–H and O–H groups in total. The molecule has 4 rings (SSSR count). The van der Waals surface area contributed by atoms with Crippen molar-refractivity contribution in [1.29, 1.82) is 0 Å². The largest absolute Gasteiger partial charge is 0.361 e. The van der Waals surface area contributed by atoms with E-state index >= 15 is 0 Å². The standard InChI is InChI=1S/C21H24N4.HI/c1-22-21(25-14-17-12-15-6-2-3-7-18(15)17)23-11-10-16-13-24-20-9-5-4-8-19(16)20;/h2-9,13,17,24H,10-12,14H2,1H3,(H2,22,23,25);1H. The van der Waals surface area contributed by atoms with E-state index in [-0.39, 0.29) is 24.0 Å². The van der Waals surface area contributed by atoms with Crippen LogP contribution in [-0.4, -0.2) is 31.1 Å². The normalized spacial score (nSPS) is 15.7. The lowest BCUT2D eigenvalue weighted by molar-refractivity contribution is 0.584. The van der Waals surface area contributed by atoms with E-state index in [0.717, 1.165) is 31.9 Å². The Morgan fingerprint density at radius 1 is 1.12 bits per heavy atom. The Bertz CT molecular complexity index is 900. The second-order valence-electron chi connectivity index (χ2n) is 6.59. The van der Waals surface area contributed by atoms with Gasteiger partial charge in [-0.05, 0) is 35.6 Å². The number of aromatic nitrogens is 1. The van der Waals surface area contributed by atoms with E-state index in [4.69, 9.17) is 0 Å². The van der Waals surface area contributed by atoms with Crippen LogP contribution in [-0.2, 0) is 12.8 Å². The topological polar surface area (TPSA) is 52.2 Å². The summed E-state index contributed by atoms with van der Waals surface area (Å²) in [6.45, 7) is 1.80. The lowest BCUT2D eigenvalue weighted by Crippen LogP contribution is -2.41. The summed E-state index contributed by atoms with van der Waals surface area (Å²) < 4.78 is 0. The summed E-state index contributed by atoms with van der Waals surface area (Å²) in [7, 11) is 1.83. The highest BCUT2D eigenvalue weighted by atomic mass is 127. The van der Waals surface area contributed by atoms with Crippen molar-refractivity contribution >= 4 is 40.8 Å². The molecule has 26 heavy (non-hydrogen) atoms. The van der Waals surface area contributed by atoms with Crippen molar-refractivity contribution in [2.45, 2.75) is 18.8 Å². The molecule has 0 bridgehead atoms. The number of H-pyrrole nitrogens is 1. The van der Waals surface area contributed by atoms with Crippen LogP contribution in [0.25, 0.3) is 10.9 Å². The molecular weight excluding hydrogens is 435 g/mol. The van der Waals surface area contributed by atoms with Gasteiger partial charge in [-0.15, -0.1) is 24.0 Å². The first-order valence-electron chi connectivity index (χ1n) is 8.92. The smallest absolute Gasteiger partial charge is 0.191 e. The van der Waals surface area contributed by atoms with Crippen LogP contribution in [0, 0.1) is 0 Å². The first-order valence-corrected chi connectivity index (χ1v) is 8.92. The molecule has 1 aliphatic rings. The average molecular weight is 460 g/mol. The second-order valence-corrected chi connectivity index (χ2v) is 6.59. The van der Waals surface area contributed by atoms with Crippen LogP contribution in [0.5, 0.6) is 0 Å². The van der Waals surface area contributed by atoms with Crippen LogP contribution in [0.2, 0.25) is 0 Å². The Kier molecular flexibility index (Phi) is 6.19. The molecule has 1 unspecified atom stereocenters. The minimum absolute atomic E-state index is 0. The van der Waals surface area contributed by atoms with E-state index < -0.39 is 0 Å². The Balaban J connectivity index is 0.00000196. The zero-order valence-corrected chi connectivity index (χ0v) is 17.3. The first-order chi connectivity index (χ1) is 12.3. The Morgan fingerprint density at radius 3 is 2.77 bits per heavy atom. The monoisotopic (exact) mass is 460 g/mol. The SMILES string of the molecule is CN=C(NCCc1c[nH]c2ccccc12)NCC1Cc2ccccc21.I. The number of benzene rings is 2. The number of para-hydroxylation sites is 1. The third-order valence-corrected chi connectivity index (χ3v) is 5.06. The Labute approximate surface area is 171 Å². The zero-order valence-electron chi connectivity index (χ0n) is 15.0. The number of fused-ring (bicyclic) bond motifs is 2. The molecule has 0 radical (unpaired) electrons. The van der Waals surface area contributed by atoms with Gasteiger partial charge in [0.05, 0.1) is 0 Å². The number of nitrogens with zero attached hydrogens (tertiary/aromatic N) is 1. The van der Waals surface area contributed by atoms with Gasteiger partial charge in [-0.25, -0.2) is 0 Å². The Morgan fingerprint density at radius 2 is 1.92 bits per heavy atom. The quantitative estimate of drug-likeness (QED) is 0.308. The summed E-state index contributed by atoms with van der Waals surface area (Å²) in [5.74, 6) is 1.48. The minimum atomic E-state index is 0. The summed E-state index contributed by atoms with van der Waals surface area (Å²) in [6.07, 6.45) is 4.24. The van der Waals surface area contributed by atoms with Crippen LogP contribution in [0.15, 0.2) is 59.7 Å². The number of halogens is 1. The second kappa shape index (κ2) is 8.58. The van der Waals surface area contributed by atoms with Gasteiger partial charge < -0.3 is 15.6 Å². The molecule has 0 fully saturated rings. The molecule has 4 nitrogen and oxygen atoms in total. The third-order valence-electron chi connectivity index (χ3n) is 5.06. The molecule has 3 aromatic rings. The van der Waals surface area contributed by atoms with Crippen LogP contribution in [0.1, 0.15) is 22.6 Å². The van der Waals surface area contributed by atoms with E-state index in [1.165, 1.54) is 27.6 Å². The highest BCUT2D eigenvalue weighted by molar-refractivity contribution is 14.0. The maximum atomic E-state index is 4.34. The van der Waals surface area contributed by atoms with E-state index in [2.05, 4.69) is 75.3 Å². The minimum Gasteiger partial charge on any atom is -0.361 e. The molecule has 0 spiro atoms. The van der Waals surface area contributed by atoms with E-state index in [0.29, 0.717) is 5.92 Å². The molecule has 0 saturated carbocycles. The number of aliphatic imine (C=N–C) groups is 1. The van der Waals surface area contributed by atoms with Gasteiger partial charge >= 0.3 is 0 Å². The Hall–Kier alpha value is -2.02. The molecule has 1 aliphatic carbocycles.